The van der Waals surface area contributed by atoms with Crippen LogP contribution in [0, 0.1) is 5.92 Å². The van der Waals surface area contributed by atoms with Gasteiger partial charge < -0.3 is 24.6 Å². The Kier molecular flexibility index (Phi) is 6.14. The molecule has 1 aliphatic rings. The molecule has 3 N–H and O–H groups in total. The first-order chi connectivity index (χ1) is 12.9. The van der Waals surface area contributed by atoms with Crippen LogP contribution in [0.4, 0.5) is 5.82 Å². The average Bonchev–Trinajstić information content (AvgIpc) is 3.10. The molecule has 148 valence electrons. The first-order valence-electron chi connectivity index (χ1n) is 9.20. The number of hydrogen-bond donors (Lipinski definition) is 3. The van der Waals surface area contributed by atoms with E-state index in [1.807, 2.05) is 0 Å². The van der Waals surface area contributed by atoms with Gasteiger partial charge in [-0.15, -0.1) is 0 Å². The lowest BCUT2D eigenvalue weighted by Crippen LogP contribution is -2.34. The summed E-state index contributed by atoms with van der Waals surface area (Å²) in [5, 5.41) is 2.61. The van der Waals surface area contributed by atoms with Crippen LogP contribution in [-0.2, 0) is 9.09 Å². The van der Waals surface area contributed by atoms with Gasteiger partial charge in [-0.05, 0) is 32.1 Å². The summed E-state index contributed by atoms with van der Waals surface area (Å²) in [6, 6.07) is 0. The minimum Gasteiger partial charge on any atom is -0.356 e. The molecule has 0 aliphatic carbocycles. The molecule has 2 aromatic rings. The van der Waals surface area contributed by atoms with Gasteiger partial charge in [-0.2, -0.15) is 0 Å². The molecule has 0 saturated carbocycles. The fourth-order valence-corrected chi connectivity index (χ4v) is 4.74. The maximum Gasteiger partial charge on any atom is 0.328 e. The maximum atomic E-state index is 12.0. The number of piperidine rings is 1. The Balaban J connectivity index is 1.65. The molecule has 0 bridgehead atoms. The van der Waals surface area contributed by atoms with Crippen molar-refractivity contribution in [3.8, 4) is 0 Å². The zero-order chi connectivity index (χ0) is 19.4. The third-order valence-electron chi connectivity index (χ3n) is 4.98. The third kappa shape index (κ3) is 4.48. The van der Waals surface area contributed by atoms with Crippen molar-refractivity contribution in [1.29, 1.82) is 0 Å². The molecule has 1 aliphatic heterocycles. The van der Waals surface area contributed by atoms with Gasteiger partial charge in [0.15, 0.2) is 5.82 Å². The zero-order valence-corrected chi connectivity index (χ0v) is 16.5. The number of anilines is 1. The first kappa shape index (κ1) is 19.8. The normalized spacial score (nSPS) is 17.8. The molecule has 2 aromatic heterocycles. The summed E-state index contributed by atoms with van der Waals surface area (Å²) in [7, 11) is -1.86. The first-order valence-corrected chi connectivity index (χ1v) is 11.0. The second-order valence-corrected chi connectivity index (χ2v) is 8.68. The van der Waals surface area contributed by atoms with E-state index in [1.54, 1.807) is 20.2 Å². The highest BCUT2D eigenvalue weighted by Gasteiger charge is 2.26. The number of fused-ring (bicyclic) bond motifs is 1. The molecule has 0 spiro atoms. The second-order valence-electron chi connectivity index (χ2n) is 6.70. The van der Waals surface area contributed by atoms with Crippen molar-refractivity contribution >= 4 is 30.4 Å². The molecule has 1 unspecified atom stereocenters. The number of nitrogens with zero attached hydrogens (tertiary/aromatic N) is 3. The van der Waals surface area contributed by atoms with Gasteiger partial charge in [-0.25, -0.2) is 9.97 Å². The lowest BCUT2D eigenvalue weighted by Gasteiger charge is -2.33. The molecule has 1 amide bonds. The summed E-state index contributed by atoms with van der Waals surface area (Å²) < 4.78 is 16.8. The smallest absolute Gasteiger partial charge is 0.328 e. The van der Waals surface area contributed by atoms with Gasteiger partial charge in [-0.1, -0.05) is 0 Å². The van der Waals surface area contributed by atoms with E-state index in [1.165, 1.54) is 6.33 Å². The quantitative estimate of drug-likeness (QED) is 0.614. The molecule has 1 fully saturated rings. The number of rotatable bonds is 7. The fraction of sp³-hybridized carbons (Fsp3) is 0.588. The van der Waals surface area contributed by atoms with E-state index >= 15 is 0 Å². The van der Waals surface area contributed by atoms with E-state index in [9.17, 15) is 14.3 Å². The lowest BCUT2D eigenvalue weighted by atomic mass is 9.94. The van der Waals surface area contributed by atoms with Crippen molar-refractivity contribution in [3.05, 3.63) is 18.1 Å². The van der Waals surface area contributed by atoms with Crippen LogP contribution in [0.3, 0.4) is 0 Å². The Morgan fingerprint density at radius 1 is 1.44 bits per heavy atom. The van der Waals surface area contributed by atoms with Crippen molar-refractivity contribution in [3.63, 3.8) is 0 Å². The number of carbonyl (C=O) groups is 1. The molecule has 1 atom stereocenters. The fourth-order valence-electron chi connectivity index (χ4n) is 3.52. The number of nitrogens with one attached hydrogen (secondary N) is 2. The van der Waals surface area contributed by atoms with Crippen LogP contribution in [0.5, 0.6) is 0 Å². The summed E-state index contributed by atoms with van der Waals surface area (Å²) in [5.74, 6) is 0.993. The molecule has 3 rings (SSSR count). The lowest BCUT2D eigenvalue weighted by molar-refractivity contribution is 0.0964. The Bertz CT molecular complexity index is 847. The summed E-state index contributed by atoms with van der Waals surface area (Å²) in [6.45, 7) is 3.58. The average molecular weight is 395 g/mol. The van der Waals surface area contributed by atoms with Gasteiger partial charge in [0.1, 0.15) is 17.4 Å². The second kappa shape index (κ2) is 8.37. The van der Waals surface area contributed by atoms with E-state index in [0.29, 0.717) is 23.4 Å². The summed E-state index contributed by atoms with van der Waals surface area (Å²) in [5.41, 5.74) is 1.87. The molecule has 9 nitrogen and oxygen atoms in total. The number of H-pyrrole nitrogens is 1. The van der Waals surface area contributed by atoms with Crippen LogP contribution < -0.4 is 10.2 Å². The molecule has 0 aromatic carbocycles. The minimum atomic E-state index is -3.45. The van der Waals surface area contributed by atoms with Crippen molar-refractivity contribution in [2.75, 3.05) is 37.8 Å². The number of aromatic nitrogens is 3. The maximum absolute atomic E-state index is 12.0. The highest BCUT2D eigenvalue weighted by molar-refractivity contribution is 7.52. The standard InChI is InChI=1S/C17H26N5O4P/c1-3-26-27(24,25)9-6-12-4-7-22(8-5-12)16-15-14(20-11-21-16)13(10-19-15)17(23)18-2/h10-12,19H,3-9H2,1-2H3,(H,18,23)(H,24,25). The summed E-state index contributed by atoms with van der Waals surface area (Å²) in [6.07, 6.45) is 5.86. The predicted molar refractivity (Wildman–Crippen MR) is 103 cm³/mol. The van der Waals surface area contributed by atoms with Gasteiger partial charge in [0.25, 0.3) is 5.91 Å². The summed E-state index contributed by atoms with van der Waals surface area (Å²) in [4.78, 5) is 35.7. The van der Waals surface area contributed by atoms with Crippen molar-refractivity contribution in [2.45, 2.75) is 26.2 Å². The van der Waals surface area contributed by atoms with Gasteiger partial charge in [0.2, 0.25) is 0 Å². The monoisotopic (exact) mass is 395 g/mol. The van der Waals surface area contributed by atoms with Gasteiger partial charge >= 0.3 is 7.60 Å². The van der Waals surface area contributed by atoms with Crippen LogP contribution in [0.1, 0.15) is 36.5 Å². The molecule has 3 heterocycles. The Hall–Kier alpha value is -1.96. The largest absolute Gasteiger partial charge is 0.356 e. The predicted octanol–water partition coefficient (Wildman–Crippen LogP) is 2.15. The molecule has 10 heteroatoms. The molecular formula is C17H26N5O4P. The van der Waals surface area contributed by atoms with E-state index in [2.05, 4.69) is 25.2 Å². The minimum absolute atomic E-state index is 0.188. The van der Waals surface area contributed by atoms with Crippen LogP contribution in [-0.4, -0.2) is 58.7 Å². The zero-order valence-electron chi connectivity index (χ0n) is 15.6. The van der Waals surface area contributed by atoms with E-state index in [4.69, 9.17) is 4.52 Å². The number of hydrogen-bond acceptors (Lipinski definition) is 6. The SMILES string of the molecule is CCOP(=O)(O)CCC1CCN(c2ncnc3c(C(=O)NC)c[nH]c23)CC1. The van der Waals surface area contributed by atoms with Crippen LogP contribution in [0.2, 0.25) is 0 Å². The van der Waals surface area contributed by atoms with E-state index in [-0.39, 0.29) is 18.7 Å². The number of amides is 1. The Labute approximate surface area is 158 Å². The van der Waals surface area contributed by atoms with Crippen LogP contribution in [0.25, 0.3) is 11.0 Å². The van der Waals surface area contributed by atoms with Gasteiger partial charge in [0, 0.05) is 26.3 Å². The van der Waals surface area contributed by atoms with Crippen LogP contribution >= 0.6 is 7.60 Å². The summed E-state index contributed by atoms with van der Waals surface area (Å²) >= 11 is 0. The number of carbonyl (C=O) groups excluding carboxylic acids is 1. The molecule has 0 radical (unpaired) electrons. The third-order valence-corrected chi connectivity index (χ3v) is 6.46. The topological polar surface area (TPSA) is 120 Å². The Morgan fingerprint density at radius 3 is 2.85 bits per heavy atom. The van der Waals surface area contributed by atoms with Gasteiger partial charge in [0.05, 0.1) is 18.3 Å². The highest BCUT2D eigenvalue weighted by atomic mass is 31.2. The Morgan fingerprint density at radius 2 is 2.19 bits per heavy atom. The highest BCUT2D eigenvalue weighted by Crippen LogP contribution is 2.44. The van der Waals surface area contributed by atoms with Crippen molar-refractivity contribution in [2.24, 2.45) is 5.92 Å². The van der Waals surface area contributed by atoms with E-state index in [0.717, 1.165) is 37.3 Å². The molecular weight excluding hydrogens is 369 g/mol. The van der Waals surface area contributed by atoms with Crippen LogP contribution in [0.15, 0.2) is 12.5 Å². The van der Waals surface area contributed by atoms with Crippen molar-refractivity contribution < 1.29 is 18.8 Å². The van der Waals surface area contributed by atoms with Crippen molar-refractivity contribution in [1.82, 2.24) is 20.3 Å². The number of aromatic amines is 1. The molecule has 27 heavy (non-hydrogen) atoms. The molecule has 1 saturated heterocycles. The van der Waals surface area contributed by atoms with E-state index < -0.39 is 7.60 Å². The van der Waals surface area contributed by atoms with Gasteiger partial charge in [-0.3, -0.25) is 9.36 Å².